The fourth-order valence-corrected chi connectivity index (χ4v) is 3.50. The number of hydrazine groups is 1. The van der Waals surface area contributed by atoms with Gasteiger partial charge < -0.3 is 9.64 Å². The molecular weight excluding hydrogens is 230 g/mol. The predicted molar refractivity (Wildman–Crippen MR) is 67.8 cm³/mol. The number of piperazine rings is 1. The molecule has 102 valence electrons. The normalized spacial score (nSPS) is 33.3. The molecule has 18 heavy (non-hydrogen) atoms. The van der Waals surface area contributed by atoms with Gasteiger partial charge in [-0.3, -0.25) is 10.2 Å². The first-order valence-corrected chi connectivity index (χ1v) is 7.09. The molecule has 4 aliphatic heterocycles. The predicted octanol–water partition coefficient (Wildman–Crippen LogP) is 0.223. The van der Waals surface area contributed by atoms with Crippen molar-refractivity contribution < 1.29 is 9.53 Å². The number of carbonyl (C=O) groups excluding carboxylic acids is 1. The lowest BCUT2D eigenvalue weighted by atomic mass is 9.86. The van der Waals surface area contributed by atoms with Gasteiger partial charge in [-0.05, 0) is 32.2 Å². The molecule has 5 heteroatoms. The van der Waals surface area contributed by atoms with Gasteiger partial charge in [-0.25, -0.2) is 5.01 Å². The van der Waals surface area contributed by atoms with Gasteiger partial charge in [0, 0.05) is 44.8 Å². The Bertz CT molecular complexity index is 305. The molecule has 4 aliphatic rings. The van der Waals surface area contributed by atoms with E-state index >= 15 is 0 Å². The fraction of sp³-hybridized carbons (Fsp3) is 0.923. The van der Waals surface area contributed by atoms with Gasteiger partial charge in [-0.1, -0.05) is 0 Å². The molecule has 4 fully saturated rings. The second-order valence-corrected chi connectivity index (χ2v) is 5.73. The third-order valence-corrected chi connectivity index (χ3v) is 4.60. The maximum Gasteiger partial charge on any atom is 0.223 e. The van der Waals surface area contributed by atoms with E-state index in [1.165, 1.54) is 6.42 Å². The highest BCUT2D eigenvalue weighted by molar-refractivity contribution is 5.78. The van der Waals surface area contributed by atoms with Gasteiger partial charge in [0.1, 0.15) is 0 Å². The molecule has 0 radical (unpaired) electrons. The lowest BCUT2D eigenvalue weighted by Crippen LogP contribution is -2.71. The van der Waals surface area contributed by atoms with Crippen LogP contribution in [0.2, 0.25) is 0 Å². The Morgan fingerprint density at radius 1 is 1.28 bits per heavy atom. The largest absolute Gasteiger partial charge is 0.381 e. The number of hydrogen-bond acceptors (Lipinski definition) is 4. The lowest BCUT2D eigenvalue weighted by Gasteiger charge is -2.56. The average Bonchev–Trinajstić information content (AvgIpc) is 2.39. The molecule has 4 rings (SSSR count). The number of rotatable bonds is 3. The van der Waals surface area contributed by atoms with Gasteiger partial charge >= 0.3 is 0 Å². The zero-order valence-corrected chi connectivity index (χ0v) is 11.1. The fourth-order valence-electron chi connectivity index (χ4n) is 3.50. The van der Waals surface area contributed by atoms with Crippen LogP contribution in [-0.2, 0) is 9.53 Å². The molecule has 0 aromatic heterocycles. The summed E-state index contributed by atoms with van der Waals surface area (Å²) in [4.78, 5) is 14.5. The highest BCUT2D eigenvalue weighted by Gasteiger charge is 2.46. The van der Waals surface area contributed by atoms with Crippen molar-refractivity contribution in [3.05, 3.63) is 0 Å². The van der Waals surface area contributed by atoms with Crippen molar-refractivity contribution in [1.82, 2.24) is 15.3 Å². The van der Waals surface area contributed by atoms with Crippen LogP contribution in [0.1, 0.15) is 25.7 Å². The Hall–Kier alpha value is -0.650. The molecule has 1 N–H and O–H groups in total. The quantitative estimate of drug-likeness (QED) is 0.781. The molecule has 2 unspecified atom stereocenters. The lowest BCUT2D eigenvalue weighted by molar-refractivity contribution is -0.157. The Kier molecular flexibility index (Phi) is 3.54. The number of piperidine rings is 1. The Labute approximate surface area is 108 Å². The standard InChI is InChI=1S/C13H23N3O2/c1-14-15-8-11-7-12(9-15)16(11)13(17)6-10-2-4-18-5-3-10/h10-12,14H,2-9H2,1H3. The molecule has 0 saturated carbocycles. The highest BCUT2D eigenvalue weighted by atomic mass is 16.5. The molecule has 2 bridgehead atoms. The van der Waals surface area contributed by atoms with E-state index < -0.39 is 0 Å². The summed E-state index contributed by atoms with van der Waals surface area (Å²) in [6.45, 7) is 3.62. The van der Waals surface area contributed by atoms with Crippen LogP contribution >= 0.6 is 0 Å². The topological polar surface area (TPSA) is 44.8 Å². The summed E-state index contributed by atoms with van der Waals surface area (Å²) in [5, 5.41) is 2.22. The Morgan fingerprint density at radius 2 is 1.94 bits per heavy atom. The SMILES string of the molecule is CNN1CC2CC(C1)N2C(=O)CC1CCOCC1. The van der Waals surface area contributed by atoms with Crippen molar-refractivity contribution in [2.24, 2.45) is 5.92 Å². The van der Waals surface area contributed by atoms with Gasteiger partial charge in [-0.2, -0.15) is 0 Å². The molecule has 5 nitrogen and oxygen atoms in total. The summed E-state index contributed by atoms with van der Waals surface area (Å²) >= 11 is 0. The first-order valence-electron chi connectivity index (χ1n) is 7.09. The zero-order chi connectivity index (χ0) is 12.5. The van der Waals surface area contributed by atoms with Crippen LogP contribution < -0.4 is 5.43 Å². The minimum atomic E-state index is 0.374. The second-order valence-electron chi connectivity index (χ2n) is 5.73. The maximum atomic E-state index is 12.3. The number of hydrogen-bond donors (Lipinski definition) is 1. The van der Waals surface area contributed by atoms with Gasteiger partial charge in [-0.15, -0.1) is 0 Å². The molecule has 0 aromatic carbocycles. The maximum absolute atomic E-state index is 12.3. The van der Waals surface area contributed by atoms with E-state index in [0.29, 0.717) is 23.9 Å². The number of nitrogens with zero attached hydrogens (tertiary/aromatic N) is 2. The molecule has 2 atom stereocenters. The van der Waals surface area contributed by atoms with Crippen LogP contribution in [-0.4, -0.2) is 61.3 Å². The van der Waals surface area contributed by atoms with Crippen LogP contribution in [0.5, 0.6) is 0 Å². The number of ether oxygens (including phenoxy) is 1. The van der Waals surface area contributed by atoms with Crippen LogP contribution in [0, 0.1) is 5.92 Å². The smallest absolute Gasteiger partial charge is 0.223 e. The number of nitrogens with one attached hydrogen (secondary N) is 1. The molecule has 4 heterocycles. The van der Waals surface area contributed by atoms with Gasteiger partial charge in [0.15, 0.2) is 0 Å². The highest BCUT2D eigenvalue weighted by Crippen LogP contribution is 2.33. The summed E-state index contributed by atoms with van der Waals surface area (Å²) in [5.41, 5.74) is 3.18. The van der Waals surface area contributed by atoms with Crippen molar-refractivity contribution >= 4 is 5.91 Å². The summed E-state index contributed by atoms with van der Waals surface area (Å²) in [5.74, 6) is 0.923. The minimum Gasteiger partial charge on any atom is -0.381 e. The van der Waals surface area contributed by atoms with E-state index in [1.54, 1.807) is 0 Å². The summed E-state index contributed by atoms with van der Waals surface area (Å²) in [7, 11) is 1.96. The molecule has 4 saturated heterocycles. The number of carbonyl (C=O) groups is 1. The Morgan fingerprint density at radius 3 is 2.56 bits per heavy atom. The van der Waals surface area contributed by atoms with Gasteiger partial charge in [0.05, 0.1) is 0 Å². The van der Waals surface area contributed by atoms with E-state index in [4.69, 9.17) is 4.74 Å². The van der Waals surface area contributed by atoms with Crippen molar-refractivity contribution in [3.8, 4) is 0 Å². The first kappa shape index (κ1) is 12.4. The number of fused-ring (bicyclic) bond motifs is 2. The van der Waals surface area contributed by atoms with E-state index in [1.807, 2.05) is 7.05 Å². The van der Waals surface area contributed by atoms with Crippen LogP contribution in [0.15, 0.2) is 0 Å². The Balaban J connectivity index is 1.51. The van der Waals surface area contributed by atoms with E-state index in [0.717, 1.165) is 45.6 Å². The summed E-state index contributed by atoms with van der Waals surface area (Å²) < 4.78 is 5.35. The van der Waals surface area contributed by atoms with E-state index in [2.05, 4.69) is 15.3 Å². The van der Waals surface area contributed by atoms with Crippen LogP contribution in [0.3, 0.4) is 0 Å². The molecule has 0 aromatic rings. The third kappa shape index (κ3) is 2.27. The van der Waals surface area contributed by atoms with Crippen LogP contribution in [0.25, 0.3) is 0 Å². The molecule has 1 amide bonds. The van der Waals surface area contributed by atoms with Crippen molar-refractivity contribution in [1.29, 1.82) is 0 Å². The zero-order valence-electron chi connectivity index (χ0n) is 11.1. The van der Waals surface area contributed by atoms with Gasteiger partial charge in [0.25, 0.3) is 0 Å². The molecular formula is C13H23N3O2. The first-order chi connectivity index (χ1) is 8.78. The summed E-state index contributed by atoms with van der Waals surface area (Å²) in [6.07, 6.45) is 4.03. The number of amides is 1. The van der Waals surface area contributed by atoms with Crippen LogP contribution in [0.4, 0.5) is 0 Å². The van der Waals surface area contributed by atoms with Crippen molar-refractivity contribution in [3.63, 3.8) is 0 Å². The average molecular weight is 253 g/mol. The minimum absolute atomic E-state index is 0.374. The van der Waals surface area contributed by atoms with E-state index in [9.17, 15) is 4.79 Å². The molecule has 0 aliphatic carbocycles. The monoisotopic (exact) mass is 253 g/mol. The second kappa shape index (κ2) is 5.15. The molecule has 0 spiro atoms. The van der Waals surface area contributed by atoms with Crippen molar-refractivity contribution in [2.45, 2.75) is 37.8 Å². The van der Waals surface area contributed by atoms with Gasteiger partial charge in [0.2, 0.25) is 5.91 Å². The summed E-state index contributed by atoms with van der Waals surface area (Å²) in [6, 6.07) is 0.895. The van der Waals surface area contributed by atoms with Crippen molar-refractivity contribution in [2.75, 3.05) is 33.4 Å². The third-order valence-electron chi connectivity index (χ3n) is 4.60. The van der Waals surface area contributed by atoms with E-state index in [-0.39, 0.29) is 0 Å².